The van der Waals surface area contributed by atoms with Crippen LogP contribution in [0.4, 0.5) is 13.2 Å². The summed E-state index contributed by atoms with van der Waals surface area (Å²) < 4.78 is 43.6. The van der Waals surface area contributed by atoms with Crippen molar-refractivity contribution in [3.8, 4) is 0 Å². The number of likely N-dealkylation sites (tertiary alicyclic amines) is 1. The minimum absolute atomic E-state index is 0.00664. The van der Waals surface area contributed by atoms with Gasteiger partial charge in [-0.1, -0.05) is 0 Å². The minimum atomic E-state index is -5.08. The maximum Gasteiger partial charge on any atom is 0.490 e. The highest BCUT2D eigenvalue weighted by atomic mass is 32.1. The molecule has 2 atom stereocenters. The standard InChI is InChI=1S/C17H26N2O3S.C2HF3O2/c1-13-4-7-23-15(13)9-19-6-5-17(12-19)8-14(10-22-17)21-11-16(20)18(2)3;3-2(4,5)1(6)7/h4,7,14H,5-6,8-12H2,1-3H3;(H,6,7)/t14-,17+;/m1./s1. The topological polar surface area (TPSA) is 79.3 Å². The second kappa shape index (κ2) is 10.1. The molecular weight excluding hydrogens is 425 g/mol. The number of carbonyl (C=O) groups excluding carboxylic acids is 1. The molecule has 3 heterocycles. The third-order valence-electron chi connectivity index (χ3n) is 5.09. The average Bonchev–Trinajstić information content (AvgIpc) is 3.35. The summed E-state index contributed by atoms with van der Waals surface area (Å²) in [5.74, 6) is -2.75. The van der Waals surface area contributed by atoms with Gasteiger partial charge in [0.2, 0.25) is 5.91 Å². The van der Waals surface area contributed by atoms with Gasteiger partial charge in [-0.05, 0) is 30.4 Å². The van der Waals surface area contributed by atoms with E-state index in [0.29, 0.717) is 6.61 Å². The molecule has 0 aliphatic carbocycles. The normalized spacial score (nSPS) is 24.0. The van der Waals surface area contributed by atoms with Crippen LogP contribution in [-0.2, 0) is 25.6 Å². The van der Waals surface area contributed by atoms with Crippen molar-refractivity contribution in [3.63, 3.8) is 0 Å². The van der Waals surface area contributed by atoms with Gasteiger partial charge in [0, 0.05) is 45.0 Å². The van der Waals surface area contributed by atoms with Gasteiger partial charge in [-0.2, -0.15) is 13.2 Å². The molecule has 0 unspecified atom stereocenters. The second-order valence-electron chi connectivity index (χ2n) is 7.71. The second-order valence-corrected chi connectivity index (χ2v) is 8.71. The first kappa shape index (κ1) is 24.6. The van der Waals surface area contributed by atoms with Crippen LogP contribution >= 0.6 is 11.3 Å². The molecule has 1 aromatic rings. The number of hydrogen-bond acceptors (Lipinski definition) is 6. The van der Waals surface area contributed by atoms with Gasteiger partial charge in [0.1, 0.15) is 6.61 Å². The number of aliphatic carboxylic acids is 1. The quantitative estimate of drug-likeness (QED) is 0.740. The Bertz CT molecular complexity index is 740. The van der Waals surface area contributed by atoms with Crippen LogP contribution in [0.3, 0.4) is 0 Å². The van der Waals surface area contributed by atoms with Crippen LogP contribution in [0.1, 0.15) is 23.3 Å². The van der Waals surface area contributed by atoms with E-state index in [2.05, 4.69) is 23.3 Å². The Balaban J connectivity index is 0.000000396. The van der Waals surface area contributed by atoms with E-state index >= 15 is 0 Å². The van der Waals surface area contributed by atoms with E-state index in [-0.39, 0.29) is 24.2 Å². The summed E-state index contributed by atoms with van der Waals surface area (Å²) in [5.41, 5.74) is 1.31. The van der Waals surface area contributed by atoms with Crippen LogP contribution in [-0.4, -0.2) is 85.1 Å². The zero-order chi connectivity index (χ0) is 22.5. The first-order valence-electron chi connectivity index (χ1n) is 9.43. The highest BCUT2D eigenvalue weighted by molar-refractivity contribution is 7.10. The van der Waals surface area contributed by atoms with Crippen LogP contribution < -0.4 is 0 Å². The maximum absolute atomic E-state index is 11.6. The number of alkyl halides is 3. The van der Waals surface area contributed by atoms with Crippen LogP contribution in [0.2, 0.25) is 0 Å². The van der Waals surface area contributed by atoms with Crippen LogP contribution in [0.5, 0.6) is 0 Å². The minimum Gasteiger partial charge on any atom is -0.475 e. The lowest BCUT2D eigenvalue weighted by Gasteiger charge is -2.23. The third-order valence-corrected chi connectivity index (χ3v) is 6.10. The number of hydrogen-bond donors (Lipinski definition) is 1. The van der Waals surface area contributed by atoms with Crippen molar-refractivity contribution in [2.24, 2.45) is 0 Å². The molecule has 1 amide bonds. The van der Waals surface area contributed by atoms with Gasteiger partial charge >= 0.3 is 12.1 Å². The van der Waals surface area contributed by atoms with Crippen molar-refractivity contribution >= 4 is 23.2 Å². The zero-order valence-electron chi connectivity index (χ0n) is 17.2. The van der Waals surface area contributed by atoms with Crippen LogP contribution in [0.25, 0.3) is 0 Å². The van der Waals surface area contributed by atoms with Gasteiger partial charge in [-0.15, -0.1) is 11.3 Å². The Hall–Kier alpha value is -1.69. The van der Waals surface area contributed by atoms with Crippen LogP contribution in [0, 0.1) is 6.92 Å². The van der Waals surface area contributed by atoms with Gasteiger partial charge < -0.3 is 19.5 Å². The highest BCUT2D eigenvalue weighted by Crippen LogP contribution is 2.37. The molecule has 2 saturated heterocycles. The molecule has 0 radical (unpaired) electrons. The molecule has 11 heteroatoms. The molecule has 30 heavy (non-hydrogen) atoms. The number of likely N-dealkylation sites (N-methyl/N-ethyl adjacent to an activating group) is 1. The molecule has 2 aliphatic rings. The summed E-state index contributed by atoms with van der Waals surface area (Å²) in [6, 6.07) is 2.18. The van der Waals surface area contributed by atoms with Crippen molar-refractivity contribution in [2.45, 2.75) is 44.2 Å². The van der Waals surface area contributed by atoms with E-state index in [1.807, 2.05) is 11.3 Å². The number of halogens is 3. The molecule has 3 rings (SSSR count). The molecule has 0 bridgehead atoms. The van der Waals surface area contributed by atoms with Gasteiger partial charge in [0.15, 0.2) is 0 Å². The summed E-state index contributed by atoms with van der Waals surface area (Å²) in [4.78, 5) is 26.0. The highest BCUT2D eigenvalue weighted by Gasteiger charge is 2.46. The molecule has 0 aromatic carbocycles. The van der Waals surface area contributed by atoms with E-state index in [9.17, 15) is 18.0 Å². The predicted octanol–water partition coefficient (Wildman–Crippen LogP) is 2.53. The summed E-state index contributed by atoms with van der Waals surface area (Å²) >= 11 is 1.83. The molecule has 1 spiro atoms. The average molecular weight is 452 g/mol. The summed E-state index contributed by atoms with van der Waals surface area (Å²) in [6.07, 6.45) is -3.09. The van der Waals surface area contributed by atoms with Crippen molar-refractivity contribution in [3.05, 3.63) is 21.9 Å². The van der Waals surface area contributed by atoms with Crippen molar-refractivity contribution in [1.82, 2.24) is 9.80 Å². The molecule has 1 aromatic heterocycles. The lowest BCUT2D eigenvalue weighted by atomic mass is 9.98. The van der Waals surface area contributed by atoms with Gasteiger partial charge in [-0.3, -0.25) is 9.69 Å². The van der Waals surface area contributed by atoms with Crippen molar-refractivity contribution in [1.29, 1.82) is 0 Å². The molecule has 2 aliphatic heterocycles. The number of nitrogens with zero attached hydrogens (tertiary/aromatic N) is 2. The van der Waals surface area contributed by atoms with Gasteiger partial charge in [0.25, 0.3) is 0 Å². The van der Waals surface area contributed by atoms with E-state index in [1.165, 1.54) is 10.4 Å². The molecule has 2 fully saturated rings. The monoisotopic (exact) mass is 452 g/mol. The third kappa shape index (κ3) is 6.93. The summed E-state index contributed by atoms with van der Waals surface area (Å²) in [5, 5.41) is 9.29. The number of ether oxygens (including phenoxy) is 2. The Morgan fingerprint density at radius 2 is 2.10 bits per heavy atom. The first-order valence-corrected chi connectivity index (χ1v) is 10.3. The fourth-order valence-corrected chi connectivity index (χ4v) is 4.29. The number of thiophene rings is 1. The maximum atomic E-state index is 11.6. The molecule has 7 nitrogen and oxygen atoms in total. The number of aryl methyl sites for hydroxylation is 1. The number of rotatable bonds is 5. The summed E-state index contributed by atoms with van der Waals surface area (Å²) in [7, 11) is 3.50. The van der Waals surface area contributed by atoms with Gasteiger partial charge in [-0.25, -0.2) is 4.79 Å². The van der Waals surface area contributed by atoms with E-state index in [4.69, 9.17) is 19.4 Å². The fraction of sp³-hybridized carbons (Fsp3) is 0.684. The number of carboxylic acids is 1. The Morgan fingerprint density at radius 3 is 2.63 bits per heavy atom. The van der Waals surface area contributed by atoms with Crippen molar-refractivity contribution < 1.29 is 37.3 Å². The Morgan fingerprint density at radius 1 is 1.43 bits per heavy atom. The smallest absolute Gasteiger partial charge is 0.475 e. The first-order chi connectivity index (χ1) is 13.9. The Kier molecular flexibility index (Phi) is 8.26. The van der Waals surface area contributed by atoms with Crippen molar-refractivity contribution in [2.75, 3.05) is 40.4 Å². The molecule has 0 saturated carbocycles. The fourth-order valence-electron chi connectivity index (χ4n) is 3.34. The van der Waals surface area contributed by atoms with E-state index in [0.717, 1.165) is 32.5 Å². The lowest BCUT2D eigenvalue weighted by molar-refractivity contribution is -0.192. The Labute approximate surface area is 177 Å². The molecule has 170 valence electrons. The number of carboxylic acid groups (broad SMARTS) is 1. The number of amides is 1. The lowest BCUT2D eigenvalue weighted by Crippen LogP contribution is -2.33. The predicted molar refractivity (Wildman–Crippen MR) is 104 cm³/mol. The molecular formula is C19H27F3N2O5S. The summed E-state index contributed by atoms with van der Waals surface area (Å²) in [6.45, 7) is 5.98. The van der Waals surface area contributed by atoms with Crippen LogP contribution in [0.15, 0.2) is 11.4 Å². The van der Waals surface area contributed by atoms with Gasteiger partial charge in [0.05, 0.1) is 18.3 Å². The largest absolute Gasteiger partial charge is 0.490 e. The zero-order valence-corrected chi connectivity index (χ0v) is 18.0. The van der Waals surface area contributed by atoms with E-state index in [1.54, 1.807) is 19.0 Å². The van der Waals surface area contributed by atoms with E-state index < -0.39 is 12.1 Å². The molecule has 1 N–H and O–H groups in total. The SMILES string of the molecule is Cc1ccsc1CN1CC[C@]2(C[C@@H](OCC(=O)N(C)C)CO2)C1.O=C(O)C(F)(F)F. The number of carbonyl (C=O) groups is 2.